The van der Waals surface area contributed by atoms with E-state index in [1.165, 1.54) is 47.4 Å². The van der Waals surface area contributed by atoms with Gasteiger partial charge in [0, 0.05) is 24.5 Å². The van der Waals surface area contributed by atoms with Crippen molar-refractivity contribution in [1.29, 1.82) is 0 Å². The summed E-state index contributed by atoms with van der Waals surface area (Å²) in [5.41, 5.74) is 1.00. The lowest BCUT2D eigenvalue weighted by Crippen LogP contribution is -2.29. The Balaban J connectivity index is 1.63. The van der Waals surface area contributed by atoms with Gasteiger partial charge in [0.1, 0.15) is 5.69 Å². The molecule has 3 heterocycles. The average Bonchev–Trinajstić information content (AvgIpc) is 3.04. The molecule has 7 nitrogen and oxygen atoms in total. The van der Waals surface area contributed by atoms with E-state index in [9.17, 15) is 9.59 Å². The summed E-state index contributed by atoms with van der Waals surface area (Å²) in [6, 6.07) is 2.83. The number of thiazole rings is 1. The number of hydrogen-bond acceptors (Lipinski definition) is 6. The maximum absolute atomic E-state index is 12.3. The molecular formula is C17H23N5O2S. The first kappa shape index (κ1) is 17.8. The molecule has 1 amide bonds. The van der Waals surface area contributed by atoms with Gasteiger partial charge in [-0.1, -0.05) is 13.3 Å². The van der Waals surface area contributed by atoms with Crippen molar-refractivity contribution in [3.05, 3.63) is 39.3 Å². The Morgan fingerprint density at radius 3 is 2.84 bits per heavy atom. The molecule has 0 spiro atoms. The molecule has 8 heteroatoms. The summed E-state index contributed by atoms with van der Waals surface area (Å²) < 4.78 is 1.32. The SMILES string of the molecule is CCCn1nc(C(=O)Nc2nc(CN3CCCCC3)cs2)ccc1=O. The quantitative estimate of drug-likeness (QED) is 0.854. The van der Waals surface area contributed by atoms with Crippen molar-refractivity contribution < 1.29 is 4.79 Å². The number of aromatic nitrogens is 3. The van der Waals surface area contributed by atoms with Gasteiger partial charge in [-0.2, -0.15) is 5.10 Å². The van der Waals surface area contributed by atoms with Gasteiger partial charge in [0.15, 0.2) is 5.13 Å². The summed E-state index contributed by atoms with van der Waals surface area (Å²) in [7, 11) is 0. The van der Waals surface area contributed by atoms with Crippen LogP contribution in [0.15, 0.2) is 22.3 Å². The molecule has 3 rings (SSSR count). The van der Waals surface area contributed by atoms with Gasteiger partial charge in [-0.15, -0.1) is 11.3 Å². The highest BCUT2D eigenvalue weighted by Gasteiger charge is 2.15. The molecule has 1 aliphatic heterocycles. The molecule has 0 aromatic carbocycles. The number of anilines is 1. The highest BCUT2D eigenvalue weighted by atomic mass is 32.1. The fraction of sp³-hybridized carbons (Fsp3) is 0.529. The number of aryl methyl sites for hydroxylation is 1. The zero-order valence-electron chi connectivity index (χ0n) is 14.4. The number of likely N-dealkylation sites (tertiary alicyclic amines) is 1. The molecule has 0 bridgehead atoms. The second kappa shape index (κ2) is 8.35. The van der Waals surface area contributed by atoms with Crippen molar-refractivity contribution >= 4 is 22.4 Å². The van der Waals surface area contributed by atoms with Gasteiger partial charge < -0.3 is 0 Å². The van der Waals surface area contributed by atoms with Crippen molar-refractivity contribution in [3.8, 4) is 0 Å². The minimum atomic E-state index is -0.344. The third-order valence-corrected chi connectivity index (χ3v) is 4.95. The average molecular weight is 361 g/mol. The van der Waals surface area contributed by atoms with Gasteiger partial charge in [0.05, 0.1) is 5.69 Å². The van der Waals surface area contributed by atoms with Gasteiger partial charge in [-0.25, -0.2) is 9.67 Å². The van der Waals surface area contributed by atoms with Crippen LogP contribution < -0.4 is 10.9 Å². The van der Waals surface area contributed by atoms with Crippen molar-refractivity contribution in [2.24, 2.45) is 0 Å². The number of rotatable bonds is 6. The smallest absolute Gasteiger partial charge is 0.277 e. The van der Waals surface area contributed by atoms with Crippen LogP contribution in [-0.4, -0.2) is 38.7 Å². The Bertz CT molecular complexity index is 779. The minimum Gasteiger partial charge on any atom is -0.297 e. The number of hydrogen-bond donors (Lipinski definition) is 1. The van der Waals surface area contributed by atoms with Crippen molar-refractivity contribution in [1.82, 2.24) is 19.7 Å². The lowest BCUT2D eigenvalue weighted by Gasteiger charge is -2.25. The van der Waals surface area contributed by atoms with Crippen LogP contribution in [0.4, 0.5) is 5.13 Å². The van der Waals surface area contributed by atoms with E-state index >= 15 is 0 Å². The predicted molar refractivity (Wildman–Crippen MR) is 98.0 cm³/mol. The lowest BCUT2D eigenvalue weighted by atomic mass is 10.1. The van der Waals surface area contributed by atoms with Crippen LogP contribution >= 0.6 is 11.3 Å². The normalized spacial score (nSPS) is 15.2. The predicted octanol–water partition coefficient (Wildman–Crippen LogP) is 2.35. The summed E-state index contributed by atoms with van der Waals surface area (Å²) in [6.45, 7) is 5.51. The molecule has 1 N–H and O–H groups in total. The molecule has 2 aromatic rings. The van der Waals surface area contributed by atoms with Crippen LogP contribution in [0, 0.1) is 0 Å². The molecule has 25 heavy (non-hydrogen) atoms. The second-order valence-electron chi connectivity index (χ2n) is 6.21. The number of piperidine rings is 1. The van der Waals surface area contributed by atoms with E-state index in [2.05, 4.69) is 20.3 Å². The maximum atomic E-state index is 12.3. The van der Waals surface area contributed by atoms with Crippen LogP contribution in [-0.2, 0) is 13.1 Å². The molecule has 0 atom stereocenters. The lowest BCUT2D eigenvalue weighted by molar-refractivity contribution is 0.101. The van der Waals surface area contributed by atoms with E-state index in [1.54, 1.807) is 0 Å². The van der Waals surface area contributed by atoms with Crippen LogP contribution in [0.1, 0.15) is 48.8 Å². The van der Waals surface area contributed by atoms with Gasteiger partial charge in [0.2, 0.25) is 0 Å². The summed E-state index contributed by atoms with van der Waals surface area (Å²) in [4.78, 5) is 30.9. The third-order valence-electron chi connectivity index (χ3n) is 4.14. The summed E-state index contributed by atoms with van der Waals surface area (Å²) in [5.74, 6) is -0.344. The Kier molecular flexibility index (Phi) is 5.93. The third kappa shape index (κ3) is 4.73. The van der Waals surface area contributed by atoms with E-state index in [1.807, 2.05) is 12.3 Å². The van der Waals surface area contributed by atoms with Gasteiger partial charge in [0.25, 0.3) is 11.5 Å². The van der Waals surface area contributed by atoms with E-state index in [0.29, 0.717) is 11.7 Å². The molecule has 0 unspecified atom stereocenters. The molecule has 134 valence electrons. The Hall–Kier alpha value is -2.06. The fourth-order valence-corrected chi connectivity index (χ4v) is 3.58. The van der Waals surface area contributed by atoms with Crippen molar-refractivity contribution in [2.75, 3.05) is 18.4 Å². The van der Waals surface area contributed by atoms with Crippen LogP contribution in [0.25, 0.3) is 0 Å². The summed E-state index contributed by atoms with van der Waals surface area (Å²) in [6.07, 6.45) is 4.58. The summed E-state index contributed by atoms with van der Waals surface area (Å²) in [5, 5.41) is 9.44. The monoisotopic (exact) mass is 361 g/mol. The van der Waals surface area contributed by atoms with Crippen molar-refractivity contribution in [3.63, 3.8) is 0 Å². The zero-order valence-corrected chi connectivity index (χ0v) is 15.2. The largest absolute Gasteiger partial charge is 0.297 e. The first-order valence-electron chi connectivity index (χ1n) is 8.72. The van der Waals surface area contributed by atoms with Crippen LogP contribution in [0.5, 0.6) is 0 Å². The molecule has 0 saturated carbocycles. The van der Waals surface area contributed by atoms with Crippen LogP contribution in [0.2, 0.25) is 0 Å². The standard InChI is InChI=1S/C17H23N5O2S/c1-2-8-22-15(23)7-6-14(20-22)16(24)19-17-18-13(12-25-17)11-21-9-4-3-5-10-21/h6-7,12H,2-5,8-11H2,1H3,(H,18,19,24). The molecule has 0 radical (unpaired) electrons. The van der Waals surface area contributed by atoms with Crippen LogP contribution in [0.3, 0.4) is 0 Å². The summed E-state index contributed by atoms with van der Waals surface area (Å²) >= 11 is 1.41. The number of carbonyl (C=O) groups excluding carboxylic acids is 1. The van der Waals surface area contributed by atoms with Crippen molar-refractivity contribution in [2.45, 2.75) is 45.7 Å². The van der Waals surface area contributed by atoms with Gasteiger partial charge in [-0.3, -0.25) is 19.8 Å². The number of amides is 1. The first-order valence-corrected chi connectivity index (χ1v) is 9.60. The van der Waals surface area contributed by atoms with E-state index in [-0.39, 0.29) is 17.2 Å². The Morgan fingerprint density at radius 2 is 2.08 bits per heavy atom. The van der Waals surface area contributed by atoms with Gasteiger partial charge in [-0.05, 0) is 38.4 Å². The molecule has 1 saturated heterocycles. The zero-order chi connectivity index (χ0) is 17.6. The Labute approximate surface area is 150 Å². The molecule has 2 aromatic heterocycles. The minimum absolute atomic E-state index is 0.198. The first-order chi connectivity index (χ1) is 12.2. The topological polar surface area (TPSA) is 80.1 Å². The Morgan fingerprint density at radius 1 is 1.28 bits per heavy atom. The molecule has 1 fully saturated rings. The van der Waals surface area contributed by atoms with Gasteiger partial charge >= 0.3 is 0 Å². The van der Waals surface area contributed by atoms with E-state index < -0.39 is 0 Å². The fourth-order valence-electron chi connectivity index (χ4n) is 2.89. The number of carbonyl (C=O) groups is 1. The number of nitrogens with zero attached hydrogens (tertiary/aromatic N) is 4. The number of nitrogens with one attached hydrogen (secondary N) is 1. The highest BCUT2D eigenvalue weighted by molar-refractivity contribution is 7.13. The highest BCUT2D eigenvalue weighted by Crippen LogP contribution is 2.19. The molecule has 1 aliphatic rings. The van der Waals surface area contributed by atoms with E-state index in [0.717, 1.165) is 31.7 Å². The molecule has 0 aliphatic carbocycles. The van der Waals surface area contributed by atoms with E-state index in [4.69, 9.17) is 0 Å². The maximum Gasteiger partial charge on any atom is 0.277 e. The second-order valence-corrected chi connectivity index (χ2v) is 7.07. The molecular weight excluding hydrogens is 338 g/mol.